The molecule has 1 fully saturated rings. The molecule has 2 aliphatic rings. The van der Waals surface area contributed by atoms with Gasteiger partial charge in [0.2, 0.25) is 11.6 Å². The fourth-order valence-corrected chi connectivity index (χ4v) is 4.27. The van der Waals surface area contributed by atoms with Crippen LogP contribution in [-0.2, 0) is 12.8 Å². The van der Waals surface area contributed by atoms with Crippen molar-refractivity contribution in [2.75, 3.05) is 19.7 Å². The van der Waals surface area contributed by atoms with E-state index in [0.717, 1.165) is 74.2 Å². The number of hydrogen-bond acceptors (Lipinski definition) is 6. The lowest BCUT2D eigenvalue weighted by molar-refractivity contribution is 0.0617. The summed E-state index contributed by atoms with van der Waals surface area (Å²) in [4.78, 5) is 19.2. The molecule has 3 aromatic heterocycles. The molecule has 0 saturated carbocycles. The van der Waals surface area contributed by atoms with E-state index in [4.69, 9.17) is 9.26 Å². The monoisotopic (exact) mass is 395 g/mol. The van der Waals surface area contributed by atoms with Crippen molar-refractivity contribution in [3.8, 4) is 5.88 Å². The molecule has 0 N–H and O–H groups in total. The highest BCUT2D eigenvalue weighted by atomic mass is 16.5. The molecule has 0 aromatic carbocycles. The zero-order valence-electron chi connectivity index (χ0n) is 16.6. The topological polar surface area (TPSA) is 85.8 Å². The molecule has 29 heavy (non-hydrogen) atoms. The number of carbonyl (C=O) groups excluding carboxylic acids is 1. The Kier molecular flexibility index (Phi) is 4.69. The van der Waals surface area contributed by atoms with Gasteiger partial charge in [-0.2, -0.15) is 0 Å². The fraction of sp³-hybridized carbons (Fsp3) is 0.524. The number of likely N-dealkylation sites (tertiary alicyclic amines) is 1. The van der Waals surface area contributed by atoms with Gasteiger partial charge in [0.15, 0.2) is 5.65 Å². The number of rotatable bonds is 4. The minimum absolute atomic E-state index is 0.0115. The number of piperidine rings is 1. The van der Waals surface area contributed by atoms with Gasteiger partial charge in [0.05, 0.1) is 24.2 Å². The third-order valence-electron chi connectivity index (χ3n) is 5.94. The molecule has 152 valence electrons. The summed E-state index contributed by atoms with van der Waals surface area (Å²) < 4.78 is 13.1. The zero-order chi connectivity index (χ0) is 19.8. The van der Waals surface area contributed by atoms with Crippen LogP contribution in [0, 0.1) is 12.8 Å². The highest BCUT2D eigenvalue weighted by Crippen LogP contribution is 2.27. The van der Waals surface area contributed by atoms with Gasteiger partial charge in [0.25, 0.3) is 5.91 Å². The minimum atomic E-state index is -0.0115. The molecule has 1 aliphatic carbocycles. The predicted molar refractivity (Wildman–Crippen MR) is 105 cm³/mol. The largest absolute Gasteiger partial charge is 0.476 e. The van der Waals surface area contributed by atoms with Crippen LogP contribution < -0.4 is 4.74 Å². The van der Waals surface area contributed by atoms with E-state index in [-0.39, 0.29) is 5.91 Å². The van der Waals surface area contributed by atoms with Crippen molar-refractivity contribution < 1.29 is 14.1 Å². The van der Waals surface area contributed by atoms with E-state index in [0.29, 0.717) is 24.2 Å². The molecule has 4 heterocycles. The van der Waals surface area contributed by atoms with Crippen LogP contribution in [0.15, 0.2) is 22.9 Å². The quantitative estimate of drug-likeness (QED) is 0.675. The Morgan fingerprint density at radius 2 is 2.07 bits per heavy atom. The molecule has 1 amide bonds. The summed E-state index contributed by atoms with van der Waals surface area (Å²) in [5.41, 5.74) is 3.75. The Labute approximate surface area is 168 Å². The van der Waals surface area contributed by atoms with Crippen LogP contribution in [0.25, 0.3) is 5.65 Å². The predicted octanol–water partition coefficient (Wildman–Crippen LogP) is 2.84. The van der Waals surface area contributed by atoms with Crippen molar-refractivity contribution in [3.63, 3.8) is 0 Å². The van der Waals surface area contributed by atoms with E-state index in [9.17, 15) is 4.79 Å². The number of aryl methyl sites for hydroxylation is 2. The molecule has 0 unspecified atom stereocenters. The van der Waals surface area contributed by atoms with Crippen LogP contribution in [0.3, 0.4) is 0 Å². The first kappa shape index (κ1) is 18.1. The number of amides is 1. The third kappa shape index (κ3) is 3.59. The second-order valence-electron chi connectivity index (χ2n) is 8.05. The number of aromatic nitrogens is 4. The second kappa shape index (κ2) is 7.50. The van der Waals surface area contributed by atoms with Crippen molar-refractivity contribution in [2.24, 2.45) is 5.92 Å². The summed E-state index contributed by atoms with van der Waals surface area (Å²) >= 11 is 0. The van der Waals surface area contributed by atoms with Gasteiger partial charge in [-0.05, 0) is 57.4 Å². The second-order valence-corrected chi connectivity index (χ2v) is 8.05. The van der Waals surface area contributed by atoms with Crippen molar-refractivity contribution in [1.82, 2.24) is 24.7 Å². The van der Waals surface area contributed by atoms with Gasteiger partial charge >= 0.3 is 0 Å². The van der Waals surface area contributed by atoms with Crippen molar-refractivity contribution in [1.29, 1.82) is 0 Å². The van der Waals surface area contributed by atoms with Gasteiger partial charge in [-0.3, -0.25) is 4.79 Å². The Morgan fingerprint density at radius 1 is 1.24 bits per heavy atom. The highest BCUT2D eigenvalue weighted by molar-refractivity contribution is 5.93. The van der Waals surface area contributed by atoms with Crippen LogP contribution in [0.2, 0.25) is 0 Å². The highest BCUT2D eigenvalue weighted by Gasteiger charge is 2.30. The maximum Gasteiger partial charge on any atom is 0.292 e. The maximum absolute atomic E-state index is 12.9. The van der Waals surface area contributed by atoms with Crippen LogP contribution >= 0.6 is 0 Å². The Hall–Kier alpha value is -2.90. The average Bonchev–Trinajstić information content (AvgIpc) is 3.34. The molecule has 0 radical (unpaired) electrons. The minimum Gasteiger partial charge on any atom is -0.476 e. The van der Waals surface area contributed by atoms with E-state index in [1.165, 1.54) is 0 Å². The molecule has 8 nitrogen and oxygen atoms in total. The molecule has 1 aliphatic heterocycles. The lowest BCUT2D eigenvalue weighted by Crippen LogP contribution is -2.40. The first-order valence-corrected chi connectivity index (χ1v) is 10.4. The van der Waals surface area contributed by atoms with Crippen LogP contribution in [0.1, 0.15) is 53.2 Å². The molecule has 0 bridgehead atoms. The van der Waals surface area contributed by atoms with Gasteiger partial charge in [-0.1, -0.05) is 5.16 Å². The number of ether oxygens (including phenoxy) is 1. The van der Waals surface area contributed by atoms with E-state index < -0.39 is 0 Å². The molecule has 0 spiro atoms. The lowest BCUT2D eigenvalue weighted by atomic mass is 9.94. The molecular formula is C21H25N5O3. The number of carbonyl (C=O) groups is 1. The first-order chi connectivity index (χ1) is 14.2. The first-order valence-electron chi connectivity index (χ1n) is 10.4. The Bertz CT molecular complexity index is 1030. The molecule has 8 heteroatoms. The van der Waals surface area contributed by atoms with Crippen molar-refractivity contribution >= 4 is 11.6 Å². The Balaban J connectivity index is 1.16. The molecule has 3 aromatic rings. The van der Waals surface area contributed by atoms with Crippen LogP contribution in [0.5, 0.6) is 5.88 Å². The standard InChI is InChI=1S/C21H25N5O3/c1-14-12-26-18(22-14)6-7-19(23-26)28-13-15-8-10-25(11-9-15)21(27)20-16-4-2-3-5-17(16)24-29-20/h6-7,12,15H,2-5,8-11,13H2,1H3. The SMILES string of the molecule is Cc1cn2nc(OCC3CCN(C(=O)c4onc5c4CCCC5)CC3)ccc2n1. The summed E-state index contributed by atoms with van der Waals surface area (Å²) in [6.07, 6.45) is 7.76. The summed E-state index contributed by atoms with van der Waals surface area (Å²) in [6, 6.07) is 3.77. The molecule has 5 rings (SSSR count). The van der Waals surface area contributed by atoms with E-state index >= 15 is 0 Å². The summed E-state index contributed by atoms with van der Waals surface area (Å²) in [5, 5.41) is 8.56. The van der Waals surface area contributed by atoms with Gasteiger partial charge in [-0.15, -0.1) is 5.10 Å². The van der Waals surface area contributed by atoms with Crippen LogP contribution in [0.4, 0.5) is 0 Å². The molecule has 0 atom stereocenters. The zero-order valence-corrected chi connectivity index (χ0v) is 16.6. The number of fused-ring (bicyclic) bond motifs is 2. The van der Waals surface area contributed by atoms with Gasteiger partial charge in [-0.25, -0.2) is 9.50 Å². The van der Waals surface area contributed by atoms with Crippen LogP contribution in [-0.4, -0.2) is 50.3 Å². The van der Waals surface area contributed by atoms with E-state index in [2.05, 4.69) is 15.2 Å². The average molecular weight is 395 g/mol. The summed E-state index contributed by atoms with van der Waals surface area (Å²) in [5.74, 6) is 1.46. The van der Waals surface area contributed by atoms with Crippen molar-refractivity contribution in [2.45, 2.75) is 45.4 Å². The lowest BCUT2D eigenvalue weighted by Gasteiger charge is -2.31. The van der Waals surface area contributed by atoms with Gasteiger partial charge < -0.3 is 14.2 Å². The normalized spacial score (nSPS) is 17.5. The van der Waals surface area contributed by atoms with Gasteiger partial charge in [0, 0.05) is 24.7 Å². The summed E-state index contributed by atoms with van der Waals surface area (Å²) in [7, 11) is 0. The number of nitrogens with zero attached hydrogens (tertiary/aromatic N) is 5. The maximum atomic E-state index is 12.9. The van der Waals surface area contributed by atoms with Crippen molar-refractivity contribution in [3.05, 3.63) is 41.0 Å². The molecular weight excluding hydrogens is 370 g/mol. The van der Waals surface area contributed by atoms with E-state index in [1.807, 2.05) is 30.2 Å². The van der Waals surface area contributed by atoms with E-state index in [1.54, 1.807) is 4.52 Å². The molecule has 1 saturated heterocycles. The fourth-order valence-electron chi connectivity index (χ4n) is 4.27. The smallest absolute Gasteiger partial charge is 0.292 e. The number of imidazole rings is 1. The number of hydrogen-bond donors (Lipinski definition) is 0. The Morgan fingerprint density at radius 3 is 2.93 bits per heavy atom. The summed E-state index contributed by atoms with van der Waals surface area (Å²) in [6.45, 7) is 3.98. The third-order valence-corrected chi connectivity index (χ3v) is 5.94. The van der Waals surface area contributed by atoms with Gasteiger partial charge in [0.1, 0.15) is 0 Å².